The summed E-state index contributed by atoms with van der Waals surface area (Å²) in [5, 5.41) is 11.1. The molecular formula is C58H58N2O2. The van der Waals surface area contributed by atoms with Crippen LogP contribution in [0.1, 0.15) is 87.0 Å². The van der Waals surface area contributed by atoms with Gasteiger partial charge in [-0.15, -0.1) is 0 Å². The topological polar surface area (TPSA) is 35.6 Å². The third-order valence-corrected chi connectivity index (χ3v) is 11.7. The zero-order valence-electron chi connectivity index (χ0n) is 38.0. The van der Waals surface area contributed by atoms with Crippen molar-refractivity contribution in [1.29, 1.82) is 0 Å². The van der Waals surface area contributed by atoms with Gasteiger partial charge in [-0.2, -0.15) is 0 Å². The molecule has 0 saturated carbocycles. The van der Waals surface area contributed by atoms with Gasteiger partial charge in [-0.05, 0) is 66.1 Å². The Kier molecular flexibility index (Phi) is 12.0. The van der Waals surface area contributed by atoms with E-state index in [9.17, 15) is 0 Å². The number of hydrogen-bond donors (Lipinski definition) is 0. The van der Waals surface area contributed by atoms with Gasteiger partial charge in [0.15, 0.2) is 0 Å². The highest BCUT2D eigenvalue weighted by atomic mass is 16.3. The van der Waals surface area contributed by atoms with E-state index in [0.29, 0.717) is 0 Å². The number of furan rings is 2. The van der Waals surface area contributed by atoms with Crippen LogP contribution in [-0.2, 0) is 6.42 Å². The molecule has 0 radical (unpaired) electrons. The van der Waals surface area contributed by atoms with Crippen molar-refractivity contribution < 1.29 is 8.83 Å². The molecule has 312 valence electrons. The second kappa shape index (κ2) is 17.7. The largest absolute Gasteiger partial charge is 0.460 e. The van der Waals surface area contributed by atoms with E-state index in [-0.39, 0.29) is 0 Å². The summed E-state index contributed by atoms with van der Waals surface area (Å²) in [5.74, 6) is 1.08. The van der Waals surface area contributed by atoms with E-state index in [2.05, 4.69) is 149 Å². The highest BCUT2D eigenvalue weighted by Gasteiger charge is 2.27. The van der Waals surface area contributed by atoms with Crippen LogP contribution in [0.25, 0.3) is 116 Å². The van der Waals surface area contributed by atoms with E-state index >= 15 is 0 Å². The molecular weight excluding hydrogens is 757 g/mol. The van der Waals surface area contributed by atoms with Gasteiger partial charge in [0.05, 0.1) is 38.7 Å². The van der Waals surface area contributed by atoms with Crippen molar-refractivity contribution in [3.63, 3.8) is 0 Å². The molecule has 1 aliphatic carbocycles. The minimum absolute atomic E-state index is 0.908. The normalized spacial score (nSPS) is 11.8. The van der Waals surface area contributed by atoms with Crippen LogP contribution >= 0.6 is 0 Å². The zero-order chi connectivity index (χ0) is 43.7. The van der Waals surface area contributed by atoms with Crippen molar-refractivity contribution in [3.8, 4) is 16.8 Å². The maximum atomic E-state index is 6.49. The van der Waals surface area contributed by atoms with E-state index in [1.165, 1.54) is 82.0 Å². The van der Waals surface area contributed by atoms with E-state index in [0.717, 1.165) is 51.8 Å². The quantitative estimate of drug-likeness (QED) is 0.174. The highest BCUT2D eigenvalue weighted by molar-refractivity contribution is 6.36. The van der Waals surface area contributed by atoms with Crippen LogP contribution in [0.4, 0.5) is 0 Å². The van der Waals surface area contributed by atoms with Gasteiger partial charge in [-0.1, -0.05) is 166 Å². The van der Waals surface area contributed by atoms with E-state index in [1.807, 2.05) is 75.3 Å². The fourth-order valence-corrected chi connectivity index (χ4v) is 9.70. The average Bonchev–Trinajstić information content (AvgIpc) is 4.17. The van der Waals surface area contributed by atoms with E-state index < -0.39 is 0 Å². The Morgan fingerprint density at radius 2 is 1.02 bits per heavy atom. The average molecular weight is 815 g/mol. The van der Waals surface area contributed by atoms with Gasteiger partial charge in [-0.3, -0.25) is 0 Å². The second-order valence-corrected chi connectivity index (χ2v) is 14.3. The highest BCUT2D eigenvalue weighted by Crippen LogP contribution is 2.50. The zero-order valence-corrected chi connectivity index (χ0v) is 38.0. The number of aromatic nitrogens is 2. The molecule has 0 saturated heterocycles. The monoisotopic (exact) mass is 814 g/mol. The molecule has 0 spiro atoms. The number of nitrogens with zero attached hydrogens (tertiary/aromatic N) is 2. The van der Waals surface area contributed by atoms with E-state index in [1.54, 1.807) is 0 Å². The molecule has 0 bridgehead atoms. The summed E-state index contributed by atoms with van der Waals surface area (Å²) in [6.45, 7) is 20.0. The number of benzene rings is 7. The molecule has 7 aromatic carbocycles. The lowest BCUT2D eigenvalue weighted by atomic mass is 9.93. The van der Waals surface area contributed by atoms with Gasteiger partial charge in [0.25, 0.3) is 0 Å². The second-order valence-electron chi connectivity index (χ2n) is 14.3. The lowest BCUT2D eigenvalue weighted by Gasteiger charge is -2.11. The van der Waals surface area contributed by atoms with Crippen molar-refractivity contribution in [2.75, 3.05) is 0 Å². The Balaban J connectivity index is 0.000000497. The molecule has 0 atom stereocenters. The summed E-state index contributed by atoms with van der Waals surface area (Å²) in [6, 6.07) is 48.5. The van der Waals surface area contributed by atoms with Crippen molar-refractivity contribution in [1.82, 2.24) is 8.97 Å². The lowest BCUT2D eigenvalue weighted by Crippen LogP contribution is -1.96. The van der Waals surface area contributed by atoms with Crippen LogP contribution in [0, 0.1) is 0 Å². The molecule has 5 heterocycles. The molecule has 5 aromatic heterocycles. The van der Waals surface area contributed by atoms with Gasteiger partial charge in [0.2, 0.25) is 0 Å². The maximum absolute atomic E-state index is 6.49. The summed E-state index contributed by atoms with van der Waals surface area (Å²) in [6.07, 6.45) is 6.47. The summed E-state index contributed by atoms with van der Waals surface area (Å²) in [5.41, 5.74) is 13.6. The molecule has 4 heteroatoms. The predicted molar refractivity (Wildman–Crippen MR) is 272 cm³/mol. The minimum atomic E-state index is 0.908. The molecule has 1 aliphatic rings. The van der Waals surface area contributed by atoms with Crippen LogP contribution in [0.3, 0.4) is 0 Å². The smallest absolute Gasteiger partial charge is 0.137 e. The third-order valence-electron chi connectivity index (χ3n) is 11.7. The number of allylic oxidation sites excluding steroid dienone is 1. The first kappa shape index (κ1) is 41.9. The molecule has 0 amide bonds. The van der Waals surface area contributed by atoms with Crippen LogP contribution in [0.15, 0.2) is 148 Å². The first-order valence-corrected chi connectivity index (χ1v) is 23.1. The van der Waals surface area contributed by atoms with Gasteiger partial charge in [-0.25, -0.2) is 0 Å². The van der Waals surface area contributed by atoms with Crippen LogP contribution in [-0.4, -0.2) is 8.97 Å². The lowest BCUT2D eigenvalue weighted by molar-refractivity contribution is 0.546. The molecule has 0 unspecified atom stereocenters. The molecule has 12 aromatic rings. The molecule has 0 aliphatic heterocycles. The van der Waals surface area contributed by atoms with Gasteiger partial charge in [0, 0.05) is 55.1 Å². The Labute approximate surface area is 365 Å². The number of para-hydroxylation sites is 3. The van der Waals surface area contributed by atoms with Crippen LogP contribution < -0.4 is 0 Å². The fraction of sp³-hybridized carbons (Fsp3) is 0.207. The minimum Gasteiger partial charge on any atom is -0.460 e. The summed E-state index contributed by atoms with van der Waals surface area (Å²) in [4.78, 5) is 0. The Bertz CT molecular complexity index is 3530. The van der Waals surface area contributed by atoms with Crippen molar-refractivity contribution in [3.05, 3.63) is 151 Å². The van der Waals surface area contributed by atoms with E-state index in [4.69, 9.17) is 8.83 Å². The molecule has 62 heavy (non-hydrogen) atoms. The number of aryl methyl sites for hydroxylation is 1. The fourth-order valence-electron chi connectivity index (χ4n) is 9.70. The third kappa shape index (κ3) is 6.02. The Morgan fingerprint density at radius 1 is 0.403 bits per heavy atom. The van der Waals surface area contributed by atoms with Crippen molar-refractivity contribution in [2.45, 2.75) is 82.1 Å². The summed E-state index contributed by atoms with van der Waals surface area (Å²) < 4.78 is 17.9. The van der Waals surface area contributed by atoms with Crippen LogP contribution in [0.2, 0.25) is 0 Å². The van der Waals surface area contributed by atoms with Gasteiger partial charge >= 0.3 is 0 Å². The SMILES string of the molecule is C1=Cc2c(oc3cccc(-n4c5ccccc5c5c6c7c(-c8cccc9oc%10ccccc%10c89)ccc8c9ccccc9n(c6ccc54)c87)c23)CC1.CC.CC.CC.CC.CC. The first-order valence-electron chi connectivity index (χ1n) is 23.1. The first-order chi connectivity index (χ1) is 30.8. The molecule has 4 nitrogen and oxygen atoms in total. The number of fused-ring (bicyclic) bond motifs is 16. The Morgan fingerprint density at radius 3 is 1.79 bits per heavy atom. The van der Waals surface area contributed by atoms with Crippen LogP contribution in [0.5, 0.6) is 0 Å². The summed E-state index contributed by atoms with van der Waals surface area (Å²) >= 11 is 0. The number of hydrogen-bond acceptors (Lipinski definition) is 2. The molecule has 0 fully saturated rings. The van der Waals surface area contributed by atoms with Gasteiger partial charge < -0.3 is 17.8 Å². The van der Waals surface area contributed by atoms with Gasteiger partial charge in [0.1, 0.15) is 22.5 Å². The van der Waals surface area contributed by atoms with Crippen molar-refractivity contribution >= 4 is 98.9 Å². The maximum Gasteiger partial charge on any atom is 0.137 e. The standard InChI is InChI=1S/C48H28N2O2.5C2H6/c1-5-16-34-27(11-1)30-24-23-29(28-15-9-21-41-43(28)32-13-3-7-19-39(32)51-41)46-47-38(50(34)48(30)46)26-25-37-45(47)31-12-2-6-17-35(31)49(37)36-18-10-22-42-44(36)33-14-4-8-20-40(33)52-42;5*1-2/h1-7,9-19,21-26H,8,20H2;5*1-2H3. The molecule has 0 N–H and O–H groups in total. The number of rotatable bonds is 2. The summed E-state index contributed by atoms with van der Waals surface area (Å²) in [7, 11) is 0. The molecule has 13 rings (SSSR count). The predicted octanol–water partition coefficient (Wildman–Crippen LogP) is 18.3. The Hall–Kier alpha value is -6.78. The van der Waals surface area contributed by atoms with Crippen molar-refractivity contribution in [2.24, 2.45) is 0 Å².